The second kappa shape index (κ2) is 8.24. The first kappa shape index (κ1) is 18.8. The van der Waals surface area contributed by atoms with Gasteiger partial charge in [0.15, 0.2) is 5.69 Å². The Hall–Kier alpha value is -2.51. The molecule has 2 N–H and O–H groups in total. The zero-order valence-corrected chi connectivity index (χ0v) is 16.7. The van der Waals surface area contributed by atoms with E-state index in [0.717, 1.165) is 19.0 Å². The molecule has 1 aliphatic heterocycles. The van der Waals surface area contributed by atoms with Crippen LogP contribution in [0.2, 0.25) is 0 Å². The first-order valence-electron chi connectivity index (χ1n) is 9.66. The highest BCUT2D eigenvalue weighted by atomic mass is 32.1. The number of fused-ring (bicyclic) bond motifs is 1. The molecule has 146 valence electrons. The first-order chi connectivity index (χ1) is 13.6. The van der Waals surface area contributed by atoms with Crippen molar-refractivity contribution < 1.29 is 4.79 Å². The molecule has 7 heteroatoms. The van der Waals surface area contributed by atoms with E-state index in [0.29, 0.717) is 17.3 Å². The molecule has 1 atom stereocenters. The fourth-order valence-electron chi connectivity index (χ4n) is 3.79. The van der Waals surface area contributed by atoms with Gasteiger partial charge in [0.1, 0.15) is 0 Å². The lowest BCUT2D eigenvalue weighted by Crippen LogP contribution is -2.41. The van der Waals surface area contributed by atoms with E-state index in [1.807, 2.05) is 6.07 Å². The summed E-state index contributed by atoms with van der Waals surface area (Å²) in [6.07, 6.45) is 2.36. The highest BCUT2D eigenvalue weighted by Gasteiger charge is 2.26. The highest BCUT2D eigenvalue weighted by Crippen LogP contribution is 2.29. The van der Waals surface area contributed by atoms with Gasteiger partial charge in [0.25, 0.3) is 11.5 Å². The van der Waals surface area contributed by atoms with Gasteiger partial charge in [0.2, 0.25) is 0 Å². The summed E-state index contributed by atoms with van der Waals surface area (Å²) in [6, 6.07) is 11.4. The number of nitrogens with zero attached hydrogens (tertiary/aromatic N) is 2. The Morgan fingerprint density at radius 2 is 2.00 bits per heavy atom. The number of likely N-dealkylation sites (tertiary alicyclic amines) is 1. The molecule has 3 heterocycles. The monoisotopic (exact) mass is 396 g/mol. The van der Waals surface area contributed by atoms with Crippen LogP contribution in [0.3, 0.4) is 0 Å². The van der Waals surface area contributed by atoms with Crippen LogP contribution in [-0.4, -0.2) is 40.6 Å². The average molecular weight is 397 g/mol. The molecule has 0 aliphatic carbocycles. The minimum Gasteiger partial charge on any atom is -0.349 e. The van der Waals surface area contributed by atoms with E-state index in [1.54, 1.807) is 29.5 Å². The number of aromatic nitrogens is 2. The second-order valence-corrected chi connectivity index (χ2v) is 8.39. The summed E-state index contributed by atoms with van der Waals surface area (Å²) in [7, 11) is 0. The van der Waals surface area contributed by atoms with Crippen molar-refractivity contribution >= 4 is 28.0 Å². The van der Waals surface area contributed by atoms with Crippen molar-refractivity contribution in [3.8, 4) is 0 Å². The molecule has 1 saturated heterocycles. The molecule has 1 aromatic carbocycles. The van der Waals surface area contributed by atoms with Gasteiger partial charge in [-0.1, -0.05) is 31.2 Å². The number of hydrogen-bond acceptors (Lipinski definition) is 5. The number of hydrogen-bond donors (Lipinski definition) is 2. The maximum absolute atomic E-state index is 12.9. The third-order valence-corrected chi connectivity index (χ3v) is 6.47. The normalized spacial score (nSPS) is 16.9. The third kappa shape index (κ3) is 3.86. The molecular formula is C21H24N4O2S. The van der Waals surface area contributed by atoms with E-state index < -0.39 is 0 Å². The minimum absolute atomic E-state index is 0.158. The highest BCUT2D eigenvalue weighted by molar-refractivity contribution is 7.10. The molecule has 1 amide bonds. The molecular weight excluding hydrogens is 372 g/mol. The van der Waals surface area contributed by atoms with Gasteiger partial charge in [0.05, 0.1) is 11.4 Å². The number of aromatic amines is 1. The molecule has 2 aromatic heterocycles. The smallest absolute Gasteiger partial charge is 0.272 e. The van der Waals surface area contributed by atoms with Gasteiger partial charge >= 0.3 is 0 Å². The summed E-state index contributed by atoms with van der Waals surface area (Å²) >= 11 is 1.72. The third-order valence-electron chi connectivity index (χ3n) is 5.50. The molecule has 0 unspecified atom stereocenters. The Kier molecular flexibility index (Phi) is 5.54. The van der Waals surface area contributed by atoms with Gasteiger partial charge in [-0.2, -0.15) is 5.10 Å². The number of H-pyrrole nitrogens is 1. The van der Waals surface area contributed by atoms with Crippen molar-refractivity contribution in [2.75, 3.05) is 19.6 Å². The molecule has 0 saturated carbocycles. The second-order valence-electron chi connectivity index (χ2n) is 7.41. The minimum atomic E-state index is -0.286. The summed E-state index contributed by atoms with van der Waals surface area (Å²) in [4.78, 5) is 28.5. The van der Waals surface area contributed by atoms with Gasteiger partial charge in [-0.25, -0.2) is 5.10 Å². The van der Waals surface area contributed by atoms with Crippen molar-refractivity contribution in [2.24, 2.45) is 5.92 Å². The lowest BCUT2D eigenvalue weighted by Gasteiger charge is -2.36. The Balaban J connectivity index is 1.54. The van der Waals surface area contributed by atoms with Crippen molar-refractivity contribution in [2.45, 2.75) is 25.8 Å². The summed E-state index contributed by atoms with van der Waals surface area (Å²) in [6.45, 7) is 4.90. The van der Waals surface area contributed by atoms with Crippen LogP contribution in [0.4, 0.5) is 0 Å². The van der Waals surface area contributed by atoms with Crippen LogP contribution in [0.5, 0.6) is 0 Å². The zero-order valence-electron chi connectivity index (χ0n) is 15.9. The topological polar surface area (TPSA) is 78.1 Å². The number of nitrogens with one attached hydrogen (secondary N) is 2. The summed E-state index contributed by atoms with van der Waals surface area (Å²) in [5, 5.41) is 12.6. The molecule has 4 rings (SSSR count). The maximum atomic E-state index is 12.9. The summed E-state index contributed by atoms with van der Waals surface area (Å²) in [5.41, 5.74) is -0.0292. The Morgan fingerprint density at radius 3 is 2.71 bits per heavy atom. The Labute approximate surface area is 167 Å². The van der Waals surface area contributed by atoms with Gasteiger partial charge in [0, 0.05) is 16.8 Å². The fourth-order valence-corrected chi connectivity index (χ4v) is 4.65. The van der Waals surface area contributed by atoms with Crippen LogP contribution in [0.1, 0.15) is 41.2 Å². The number of thiophene rings is 1. The van der Waals surface area contributed by atoms with E-state index in [1.165, 1.54) is 17.7 Å². The number of carbonyl (C=O) groups excluding carboxylic acids is 1. The quantitative estimate of drug-likeness (QED) is 0.694. The van der Waals surface area contributed by atoms with E-state index in [9.17, 15) is 9.59 Å². The number of piperidine rings is 1. The van der Waals surface area contributed by atoms with Crippen LogP contribution in [0.15, 0.2) is 46.6 Å². The average Bonchev–Trinajstić information content (AvgIpc) is 3.24. The molecule has 6 nitrogen and oxygen atoms in total. The molecule has 0 spiro atoms. The maximum Gasteiger partial charge on any atom is 0.272 e. The largest absolute Gasteiger partial charge is 0.349 e. The van der Waals surface area contributed by atoms with E-state index >= 15 is 0 Å². The van der Waals surface area contributed by atoms with Crippen LogP contribution >= 0.6 is 11.3 Å². The van der Waals surface area contributed by atoms with Crippen molar-refractivity contribution in [3.63, 3.8) is 0 Å². The van der Waals surface area contributed by atoms with Gasteiger partial charge in [-0.15, -0.1) is 11.3 Å². The number of carbonyl (C=O) groups is 1. The van der Waals surface area contributed by atoms with E-state index in [4.69, 9.17) is 0 Å². The predicted octanol–water partition coefficient (Wildman–Crippen LogP) is 3.19. The number of benzene rings is 1. The van der Waals surface area contributed by atoms with Crippen molar-refractivity contribution in [1.29, 1.82) is 0 Å². The lowest BCUT2D eigenvalue weighted by molar-refractivity contribution is 0.0911. The van der Waals surface area contributed by atoms with Crippen LogP contribution in [-0.2, 0) is 0 Å². The molecule has 1 fully saturated rings. The number of rotatable bonds is 5. The Morgan fingerprint density at radius 1 is 1.25 bits per heavy atom. The van der Waals surface area contributed by atoms with E-state index in [2.05, 4.69) is 44.9 Å². The summed E-state index contributed by atoms with van der Waals surface area (Å²) in [5.74, 6) is 0.492. The van der Waals surface area contributed by atoms with Crippen LogP contribution in [0.25, 0.3) is 10.8 Å². The lowest BCUT2D eigenvalue weighted by atomic mass is 9.97. The zero-order chi connectivity index (χ0) is 19.5. The van der Waals surface area contributed by atoms with Gasteiger partial charge in [-0.05, 0) is 49.4 Å². The molecule has 1 aliphatic rings. The molecule has 0 radical (unpaired) electrons. The van der Waals surface area contributed by atoms with Crippen LogP contribution < -0.4 is 10.9 Å². The molecule has 0 bridgehead atoms. The number of amides is 1. The predicted molar refractivity (Wildman–Crippen MR) is 112 cm³/mol. The van der Waals surface area contributed by atoms with Gasteiger partial charge in [-0.3, -0.25) is 14.5 Å². The standard InChI is InChI=1S/C21H24N4O2S/c1-14-8-10-25(11-9-14)17(18-7-4-12-28-18)13-22-21(27)19-15-5-2-3-6-16(15)20(26)24-23-19/h2-7,12,14,17H,8-11,13H2,1H3,(H,22,27)(H,24,26)/t17-/m0/s1. The first-order valence-corrected chi connectivity index (χ1v) is 10.5. The summed E-state index contributed by atoms with van der Waals surface area (Å²) < 4.78 is 0. The Bertz CT molecular complexity index is 1010. The van der Waals surface area contributed by atoms with E-state index in [-0.39, 0.29) is 23.2 Å². The fraction of sp³-hybridized carbons (Fsp3) is 0.381. The molecule has 3 aromatic rings. The SMILES string of the molecule is CC1CCN([C@@H](CNC(=O)c2n[nH]c(=O)c3ccccc23)c2cccs2)CC1. The van der Waals surface area contributed by atoms with Crippen molar-refractivity contribution in [1.82, 2.24) is 20.4 Å². The molecule has 28 heavy (non-hydrogen) atoms. The van der Waals surface area contributed by atoms with Crippen molar-refractivity contribution in [3.05, 3.63) is 62.7 Å². The van der Waals surface area contributed by atoms with Crippen LogP contribution in [0, 0.1) is 5.92 Å². The van der Waals surface area contributed by atoms with Gasteiger partial charge < -0.3 is 5.32 Å².